The number of amides is 1. The van der Waals surface area contributed by atoms with E-state index in [0.29, 0.717) is 30.6 Å². The maximum absolute atomic E-state index is 12.1. The zero-order valence-electron chi connectivity index (χ0n) is 19.5. The van der Waals surface area contributed by atoms with Gasteiger partial charge in [0, 0.05) is 51.8 Å². The lowest BCUT2D eigenvalue weighted by molar-refractivity contribution is -0.129. The molecule has 0 aliphatic carbocycles. The summed E-state index contributed by atoms with van der Waals surface area (Å²) in [6.45, 7) is 10.4. The van der Waals surface area contributed by atoms with Crippen molar-refractivity contribution in [3.8, 4) is 0 Å². The van der Waals surface area contributed by atoms with Crippen molar-refractivity contribution in [3.05, 3.63) is 0 Å². The van der Waals surface area contributed by atoms with E-state index in [-0.39, 0.29) is 24.0 Å². The number of carbonyl (C=O) groups is 1. The average molecular weight is 551 g/mol. The van der Waals surface area contributed by atoms with Crippen molar-refractivity contribution in [1.82, 2.24) is 15.1 Å². The number of hydrogen-bond donors (Lipinski definition) is 1. The van der Waals surface area contributed by atoms with Crippen molar-refractivity contribution in [2.45, 2.75) is 89.9 Å². The Morgan fingerprint density at radius 1 is 1.19 bits per heavy atom. The summed E-state index contributed by atoms with van der Waals surface area (Å²) in [4.78, 5) is 21.4. The first-order valence-electron chi connectivity index (χ1n) is 12.3. The van der Waals surface area contributed by atoms with Crippen molar-refractivity contribution in [3.63, 3.8) is 0 Å². The molecule has 0 bridgehead atoms. The van der Waals surface area contributed by atoms with Gasteiger partial charge < -0.3 is 24.6 Å². The fraction of sp³-hybridized carbons (Fsp3) is 0.913. The first-order chi connectivity index (χ1) is 14.7. The van der Waals surface area contributed by atoms with Gasteiger partial charge in [-0.3, -0.25) is 9.79 Å². The van der Waals surface area contributed by atoms with Crippen LogP contribution in [0, 0.1) is 0 Å². The quantitative estimate of drug-likeness (QED) is 0.271. The molecule has 1 amide bonds. The van der Waals surface area contributed by atoms with E-state index in [0.717, 1.165) is 90.4 Å². The first-order valence-corrected chi connectivity index (χ1v) is 12.3. The van der Waals surface area contributed by atoms with E-state index in [1.54, 1.807) is 0 Å². The highest BCUT2D eigenvalue weighted by Gasteiger charge is 2.27. The molecular weight excluding hydrogens is 507 g/mol. The van der Waals surface area contributed by atoms with E-state index in [1.165, 1.54) is 12.8 Å². The van der Waals surface area contributed by atoms with Gasteiger partial charge in [0.15, 0.2) is 5.96 Å². The van der Waals surface area contributed by atoms with Gasteiger partial charge in [-0.2, -0.15) is 0 Å². The largest absolute Gasteiger partial charge is 0.376 e. The van der Waals surface area contributed by atoms with Gasteiger partial charge >= 0.3 is 0 Å². The highest BCUT2D eigenvalue weighted by atomic mass is 127. The second-order valence-electron chi connectivity index (χ2n) is 8.79. The van der Waals surface area contributed by atoms with Crippen LogP contribution in [0.1, 0.15) is 71.6 Å². The summed E-state index contributed by atoms with van der Waals surface area (Å²) in [6.07, 6.45) is 9.96. The third-order valence-electron chi connectivity index (χ3n) is 6.61. The van der Waals surface area contributed by atoms with Crippen LogP contribution in [-0.4, -0.2) is 85.9 Å². The van der Waals surface area contributed by atoms with Crippen LogP contribution >= 0.6 is 24.0 Å². The topological polar surface area (TPSA) is 66.4 Å². The van der Waals surface area contributed by atoms with Gasteiger partial charge in [0.2, 0.25) is 5.91 Å². The van der Waals surface area contributed by atoms with Gasteiger partial charge in [-0.25, -0.2) is 0 Å². The number of nitrogens with zero attached hydrogens (tertiary/aromatic N) is 3. The summed E-state index contributed by atoms with van der Waals surface area (Å²) in [5.41, 5.74) is 0. The lowest BCUT2D eigenvalue weighted by Crippen LogP contribution is -2.47. The summed E-state index contributed by atoms with van der Waals surface area (Å²) >= 11 is 0. The van der Waals surface area contributed by atoms with Crippen molar-refractivity contribution in [2.75, 3.05) is 45.9 Å². The molecule has 3 aliphatic heterocycles. The van der Waals surface area contributed by atoms with Crippen molar-refractivity contribution in [2.24, 2.45) is 4.99 Å². The summed E-state index contributed by atoms with van der Waals surface area (Å²) in [5.74, 6) is 1.33. The van der Waals surface area contributed by atoms with E-state index < -0.39 is 0 Å². The van der Waals surface area contributed by atoms with Crippen LogP contribution < -0.4 is 5.32 Å². The predicted molar refractivity (Wildman–Crippen MR) is 135 cm³/mol. The maximum atomic E-state index is 12.1. The Labute approximate surface area is 205 Å². The van der Waals surface area contributed by atoms with Crippen LogP contribution in [0.25, 0.3) is 0 Å². The number of piperidine rings is 1. The summed E-state index contributed by atoms with van der Waals surface area (Å²) in [7, 11) is 0. The summed E-state index contributed by atoms with van der Waals surface area (Å²) in [6, 6.07) is 0.327. The Morgan fingerprint density at radius 3 is 2.61 bits per heavy atom. The molecule has 0 saturated carbocycles. The van der Waals surface area contributed by atoms with Crippen LogP contribution in [0.15, 0.2) is 4.99 Å². The fourth-order valence-corrected chi connectivity index (χ4v) is 4.80. The van der Waals surface area contributed by atoms with Gasteiger partial charge in [-0.15, -0.1) is 24.0 Å². The Bertz CT molecular complexity index is 549. The van der Waals surface area contributed by atoms with E-state index in [4.69, 9.17) is 14.5 Å². The van der Waals surface area contributed by atoms with Gasteiger partial charge in [0.25, 0.3) is 0 Å². The Balaban J connectivity index is 0.00000341. The molecule has 1 N–H and O–H groups in total. The molecule has 0 aromatic heterocycles. The molecule has 180 valence electrons. The molecule has 0 aromatic carbocycles. The van der Waals surface area contributed by atoms with Crippen LogP contribution in [0.2, 0.25) is 0 Å². The highest BCUT2D eigenvalue weighted by molar-refractivity contribution is 14.0. The smallest absolute Gasteiger partial charge is 0.222 e. The van der Waals surface area contributed by atoms with Gasteiger partial charge in [0.05, 0.1) is 18.8 Å². The molecule has 8 heteroatoms. The average Bonchev–Trinajstić information content (AvgIpc) is 3.21. The second-order valence-corrected chi connectivity index (χ2v) is 8.79. The zero-order chi connectivity index (χ0) is 21.2. The first kappa shape index (κ1) is 26.6. The lowest BCUT2D eigenvalue weighted by Gasteiger charge is -2.35. The number of likely N-dealkylation sites (tertiary alicyclic amines) is 2. The Morgan fingerprint density at radius 2 is 2.00 bits per heavy atom. The molecule has 0 radical (unpaired) electrons. The molecule has 3 saturated heterocycles. The van der Waals surface area contributed by atoms with E-state index in [9.17, 15) is 4.79 Å². The van der Waals surface area contributed by atoms with Crippen LogP contribution in [-0.2, 0) is 14.3 Å². The SMILES string of the molecule is CCNC(=NCCC(CC)N1CCCC1=O)N1CCC(OCC2CCCCO2)CC1.I. The van der Waals surface area contributed by atoms with Crippen molar-refractivity contribution < 1.29 is 14.3 Å². The molecule has 3 aliphatic rings. The number of aliphatic imine (C=N–C) groups is 1. The normalized spacial score (nSPS) is 24.3. The number of ether oxygens (including phenoxy) is 2. The summed E-state index contributed by atoms with van der Waals surface area (Å²) in [5, 5.41) is 3.46. The minimum Gasteiger partial charge on any atom is -0.376 e. The molecule has 2 atom stereocenters. The molecule has 31 heavy (non-hydrogen) atoms. The fourth-order valence-electron chi connectivity index (χ4n) is 4.80. The van der Waals surface area contributed by atoms with Gasteiger partial charge in [-0.1, -0.05) is 6.92 Å². The third-order valence-corrected chi connectivity index (χ3v) is 6.61. The molecule has 3 heterocycles. The number of carbonyl (C=O) groups excluding carboxylic acids is 1. The van der Waals surface area contributed by atoms with E-state index in [1.807, 2.05) is 0 Å². The number of nitrogens with one attached hydrogen (secondary N) is 1. The highest BCUT2D eigenvalue weighted by Crippen LogP contribution is 2.19. The monoisotopic (exact) mass is 550 g/mol. The van der Waals surface area contributed by atoms with Crippen LogP contribution in [0.3, 0.4) is 0 Å². The van der Waals surface area contributed by atoms with Crippen molar-refractivity contribution >= 4 is 35.8 Å². The van der Waals surface area contributed by atoms with Crippen LogP contribution in [0.5, 0.6) is 0 Å². The maximum Gasteiger partial charge on any atom is 0.222 e. The molecule has 2 unspecified atom stereocenters. The number of halogens is 1. The number of hydrogen-bond acceptors (Lipinski definition) is 4. The molecule has 7 nitrogen and oxygen atoms in total. The number of guanidine groups is 1. The van der Waals surface area contributed by atoms with E-state index in [2.05, 4.69) is 29.0 Å². The predicted octanol–water partition coefficient (Wildman–Crippen LogP) is 3.41. The van der Waals surface area contributed by atoms with Gasteiger partial charge in [0.1, 0.15) is 0 Å². The molecule has 3 fully saturated rings. The third kappa shape index (κ3) is 8.35. The Kier molecular flexibility index (Phi) is 12.5. The number of rotatable bonds is 9. The summed E-state index contributed by atoms with van der Waals surface area (Å²) < 4.78 is 11.9. The lowest BCUT2D eigenvalue weighted by atomic mass is 10.1. The Hall–Kier alpha value is -0.610. The van der Waals surface area contributed by atoms with Crippen LogP contribution in [0.4, 0.5) is 0 Å². The molecule has 0 aromatic rings. The minimum absolute atomic E-state index is 0. The molecule has 3 rings (SSSR count). The minimum atomic E-state index is 0. The zero-order valence-corrected chi connectivity index (χ0v) is 21.9. The standard InChI is InChI=1S/C23H42N4O3.HI/c1-3-19(27-14-7-9-22(27)28)10-13-25-23(24-4-2)26-15-11-20(12-16-26)30-18-21-8-5-6-17-29-21;/h19-21H,3-18H2,1-2H3,(H,24,25);1H. The van der Waals surface area contributed by atoms with Gasteiger partial charge in [-0.05, 0) is 58.3 Å². The second kappa shape index (κ2) is 14.5. The molecule has 0 spiro atoms. The molecular formula is C23H43IN4O3. The van der Waals surface area contributed by atoms with E-state index >= 15 is 0 Å². The van der Waals surface area contributed by atoms with Crippen molar-refractivity contribution in [1.29, 1.82) is 0 Å².